The minimum absolute atomic E-state index is 0. The molecule has 2 rings (SSSR count). The highest BCUT2D eigenvalue weighted by atomic mass is 35.5. The second kappa shape index (κ2) is 9.62. The molecule has 1 amide bonds. The lowest BCUT2D eigenvalue weighted by atomic mass is 9.85. The van der Waals surface area contributed by atoms with Gasteiger partial charge in [0.05, 0.1) is 0 Å². The Bertz CT molecular complexity index is 278. The van der Waals surface area contributed by atoms with E-state index in [1.54, 1.807) is 0 Å². The van der Waals surface area contributed by atoms with Crippen molar-refractivity contribution in [1.82, 2.24) is 5.32 Å². The summed E-state index contributed by atoms with van der Waals surface area (Å²) in [5.74, 6) is 1.15. The van der Waals surface area contributed by atoms with Gasteiger partial charge in [0.1, 0.15) is 0 Å². The number of nitrogens with two attached hydrogens (primary N) is 1. The van der Waals surface area contributed by atoms with E-state index in [1.165, 1.54) is 44.9 Å². The second-order valence-electron chi connectivity index (χ2n) is 6.58. The van der Waals surface area contributed by atoms with E-state index < -0.39 is 0 Å². The van der Waals surface area contributed by atoms with Gasteiger partial charge in [0.2, 0.25) is 5.91 Å². The fraction of sp³-hybridized carbons (Fsp3) is 0.938. The van der Waals surface area contributed by atoms with Crippen molar-refractivity contribution >= 4 is 18.3 Å². The van der Waals surface area contributed by atoms with Crippen LogP contribution < -0.4 is 11.1 Å². The fourth-order valence-corrected chi connectivity index (χ4v) is 3.60. The number of hydrogen-bond acceptors (Lipinski definition) is 2. The van der Waals surface area contributed by atoms with E-state index in [0.717, 1.165) is 32.2 Å². The predicted octanol–water partition coefficient (Wildman–Crippen LogP) is 3.40. The Hall–Kier alpha value is -0.280. The quantitative estimate of drug-likeness (QED) is 0.839. The summed E-state index contributed by atoms with van der Waals surface area (Å²) < 4.78 is 0. The molecule has 0 aromatic carbocycles. The molecule has 3 N–H and O–H groups in total. The molecule has 0 spiro atoms. The summed E-state index contributed by atoms with van der Waals surface area (Å²) in [5.41, 5.74) is 5.96. The first-order valence-corrected chi connectivity index (χ1v) is 8.29. The van der Waals surface area contributed by atoms with Gasteiger partial charge in [0.15, 0.2) is 0 Å². The molecular weight excluding hydrogens is 272 g/mol. The van der Waals surface area contributed by atoms with Crippen LogP contribution in [0.4, 0.5) is 0 Å². The van der Waals surface area contributed by atoms with Crippen molar-refractivity contribution in [1.29, 1.82) is 0 Å². The molecule has 2 unspecified atom stereocenters. The topological polar surface area (TPSA) is 55.1 Å². The molecule has 2 atom stereocenters. The van der Waals surface area contributed by atoms with Crippen molar-refractivity contribution in [3.63, 3.8) is 0 Å². The average Bonchev–Trinajstić information content (AvgIpc) is 2.37. The van der Waals surface area contributed by atoms with Gasteiger partial charge in [0.25, 0.3) is 0 Å². The van der Waals surface area contributed by atoms with Crippen LogP contribution in [0, 0.1) is 11.8 Å². The van der Waals surface area contributed by atoms with E-state index >= 15 is 0 Å². The number of carbonyl (C=O) groups is 1. The van der Waals surface area contributed by atoms with Crippen LogP contribution in [0.3, 0.4) is 0 Å². The molecule has 3 nitrogen and oxygen atoms in total. The van der Waals surface area contributed by atoms with E-state index in [2.05, 4.69) is 5.32 Å². The SMILES string of the molecule is Cl.NC1CCCC(C(=O)NCC2CCCCCCC2)C1. The first-order chi connectivity index (χ1) is 9.25. The molecule has 2 aliphatic rings. The smallest absolute Gasteiger partial charge is 0.223 e. The molecule has 2 fully saturated rings. The molecule has 20 heavy (non-hydrogen) atoms. The van der Waals surface area contributed by atoms with Crippen LogP contribution in [0.15, 0.2) is 0 Å². The van der Waals surface area contributed by atoms with Gasteiger partial charge in [-0.15, -0.1) is 12.4 Å². The fourth-order valence-electron chi connectivity index (χ4n) is 3.60. The monoisotopic (exact) mass is 302 g/mol. The van der Waals surface area contributed by atoms with Crippen LogP contribution in [0.25, 0.3) is 0 Å². The summed E-state index contributed by atoms with van der Waals surface area (Å²) >= 11 is 0. The van der Waals surface area contributed by atoms with Crippen LogP contribution in [-0.4, -0.2) is 18.5 Å². The van der Waals surface area contributed by atoms with E-state index in [9.17, 15) is 4.79 Å². The Kier molecular flexibility index (Phi) is 8.55. The van der Waals surface area contributed by atoms with Crippen LogP contribution in [-0.2, 0) is 4.79 Å². The lowest BCUT2D eigenvalue weighted by Gasteiger charge is -2.27. The van der Waals surface area contributed by atoms with Crippen LogP contribution >= 0.6 is 12.4 Å². The number of nitrogens with one attached hydrogen (secondary N) is 1. The molecule has 0 radical (unpaired) electrons. The first-order valence-electron chi connectivity index (χ1n) is 8.29. The maximum absolute atomic E-state index is 12.2. The summed E-state index contributed by atoms with van der Waals surface area (Å²) in [6, 6.07) is 0.242. The molecule has 0 heterocycles. The number of halogens is 1. The molecule has 0 bridgehead atoms. The van der Waals surface area contributed by atoms with Crippen LogP contribution in [0.1, 0.15) is 70.6 Å². The minimum atomic E-state index is 0. The largest absolute Gasteiger partial charge is 0.356 e. The van der Waals surface area contributed by atoms with Gasteiger partial charge < -0.3 is 11.1 Å². The van der Waals surface area contributed by atoms with Crippen molar-refractivity contribution in [2.24, 2.45) is 17.6 Å². The number of carbonyl (C=O) groups excluding carboxylic acids is 1. The zero-order valence-corrected chi connectivity index (χ0v) is 13.4. The highest BCUT2D eigenvalue weighted by Gasteiger charge is 2.25. The molecule has 0 saturated heterocycles. The average molecular weight is 303 g/mol. The molecule has 4 heteroatoms. The zero-order chi connectivity index (χ0) is 13.5. The summed E-state index contributed by atoms with van der Waals surface area (Å²) in [5, 5.41) is 3.20. The van der Waals surface area contributed by atoms with Gasteiger partial charge in [-0.3, -0.25) is 4.79 Å². The maximum Gasteiger partial charge on any atom is 0.223 e. The molecule has 0 aliphatic heterocycles. The van der Waals surface area contributed by atoms with Gasteiger partial charge in [-0.05, 0) is 38.0 Å². The minimum Gasteiger partial charge on any atom is -0.356 e. The van der Waals surface area contributed by atoms with Gasteiger partial charge in [0, 0.05) is 18.5 Å². The van der Waals surface area contributed by atoms with E-state index in [0.29, 0.717) is 5.92 Å². The van der Waals surface area contributed by atoms with Crippen molar-refractivity contribution in [3.05, 3.63) is 0 Å². The maximum atomic E-state index is 12.2. The summed E-state index contributed by atoms with van der Waals surface area (Å²) in [4.78, 5) is 12.2. The van der Waals surface area contributed by atoms with E-state index in [4.69, 9.17) is 5.73 Å². The van der Waals surface area contributed by atoms with Gasteiger partial charge in [-0.1, -0.05) is 38.5 Å². The van der Waals surface area contributed by atoms with Gasteiger partial charge in [-0.25, -0.2) is 0 Å². The highest BCUT2D eigenvalue weighted by molar-refractivity contribution is 5.85. The highest BCUT2D eigenvalue weighted by Crippen LogP contribution is 2.24. The Morgan fingerprint density at radius 1 is 0.950 bits per heavy atom. The third-order valence-electron chi connectivity index (χ3n) is 4.88. The number of hydrogen-bond donors (Lipinski definition) is 2. The Labute approximate surface area is 129 Å². The van der Waals surface area contributed by atoms with Crippen molar-refractivity contribution in [3.8, 4) is 0 Å². The zero-order valence-electron chi connectivity index (χ0n) is 12.6. The summed E-state index contributed by atoms with van der Waals surface area (Å²) in [7, 11) is 0. The first kappa shape index (κ1) is 17.8. The van der Waals surface area contributed by atoms with E-state index in [-0.39, 0.29) is 30.3 Å². The molecule has 2 saturated carbocycles. The normalized spacial score (nSPS) is 28.9. The lowest BCUT2D eigenvalue weighted by molar-refractivity contribution is -0.126. The number of amides is 1. The Morgan fingerprint density at radius 3 is 2.25 bits per heavy atom. The molecule has 2 aliphatic carbocycles. The van der Waals surface area contributed by atoms with Crippen molar-refractivity contribution in [2.45, 2.75) is 76.7 Å². The van der Waals surface area contributed by atoms with Crippen molar-refractivity contribution < 1.29 is 4.79 Å². The van der Waals surface area contributed by atoms with E-state index in [1.807, 2.05) is 0 Å². The van der Waals surface area contributed by atoms with Crippen LogP contribution in [0.2, 0.25) is 0 Å². The third-order valence-corrected chi connectivity index (χ3v) is 4.88. The predicted molar refractivity (Wildman–Crippen MR) is 86.0 cm³/mol. The Morgan fingerprint density at radius 2 is 1.60 bits per heavy atom. The summed E-state index contributed by atoms with van der Waals surface area (Å²) in [6.07, 6.45) is 13.6. The standard InChI is InChI=1S/C16H30N2O.ClH/c17-15-10-6-9-14(11-15)16(19)18-12-13-7-4-2-1-3-5-8-13;/h13-15H,1-12,17H2,(H,18,19);1H. The Balaban J connectivity index is 0.00000200. The third kappa shape index (κ3) is 6.01. The second-order valence-corrected chi connectivity index (χ2v) is 6.58. The van der Waals surface area contributed by atoms with Crippen LogP contribution in [0.5, 0.6) is 0 Å². The molecule has 0 aromatic heterocycles. The van der Waals surface area contributed by atoms with Crippen molar-refractivity contribution in [2.75, 3.05) is 6.54 Å². The molecular formula is C16H31ClN2O. The summed E-state index contributed by atoms with van der Waals surface area (Å²) in [6.45, 7) is 0.893. The lowest BCUT2D eigenvalue weighted by Crippen LogP contribution is -2.39. The van der Waals surface area contributed by atoms with Gasteiger partial charge in [-0.2, -0.15) is 0 Å². The van der Waals surface area contributed by atoms with Gasteiger partial charge >= 0.3 is 0 Å². The molecule has 0 aromatic rings. The number of rotatable bonds is 3. The molecule has 118 valence electrons.